The summed E-state index contributed by atoms with van der Waals surface area (Å²) in [6, 6.07) is 7.03. The molecule has 0 bridgehead atoms. The third kappa shape index (κ3) is 8.09. The molecule has 0 saturated heterocycles. The van der Waals surface area contributed by atoms with Gasteiger partial charge in [0.15, 0.2) is 0 Å². The second-order valence-corrected chi connectivity index (χ2v) is 8.62. The minimum Gasteiger partial charge on any atom is -0.598 e. The first-order chi connectivity index (χ1) is 11.8. The van der Waals surface area contributed by atoms with Gasteiger partial charge in [-0.3, -0.25) is 4.79 Å². The van der Waals surface area contributed by atoms with Crippen molar-refractivity contribution < 1.29 is 18.8 Å². The van der Waals surface area contributed by atoms with Crippen molar-refractivity contribution in [3.8, 4) is 5.75 Å². The highest BCUT2D eigenvalue weighted by atomic mass is 32.2. The minimum atomic E-state index is -1.30. The van der Waals surface area contributed by atoms with Crippen molar-refractivity contribution in [1.29, 1.82) is 0 Å². The van der Waals surface area contributed by atoms with E-state index in [2.05, 4.69) is 4.72 Å². The Hall–Kier alpha value is -1.28. The molecule has 0 aliphatic heterocycles. The van der Waals surface area contributed by atoms with Crippen LogP contribution in [0.3, 0.4) is 0 Å². The zero-order valence-corrected chi connectivity index (χ0v) is 16.4. The number of rotatable bonds is 10. The summed E-state index contributed by atoms with van der Waals surface area (Å²) in [6.07, 6.45) is 0.905. The first-order valence-corrected chi connectivity index (χ1v) is 9.69. The Labute approximate surface area is 153 Å². The number of nitrogens with one attached hydrogen (secondary N) is 1. The van der Waals surface area contributed by atoms with Gasteiger partial charge in [0.25, 0.3) is 0 Å². The Morgan fingerprint density at radius 1 is 1.32 bits per heavy atom. The van der Waals surface area contributed by atoms with Crippen LogP contribution >= 0.6 is 0 Å². The van der Waals surface area contributed by atoms with Crippen LogP contribution in [0.25, 0.3) is 0 Å². The third-order valence-electron chi connectivity index (χ3n) is 3.38. The van der Waals surface area contributed by atoms with E-state index in [1.165, 1.54) is 0 Å². The summed E-state index contributed by atoms with van der Waals surface area (Å²) < 4.78 is 25.7. The molecule has 0 aromatic heterocycles. The molecule has 1 unspecified atom stereocenters. The fourth-order valence-electron chi connectivity index (χ4n) is 1.99. The molecule has 1 rings (SSSR count). The van der Waals surface area contributed by atoms with Crippen LogP contribution in [-0.2, 0) is 20.9 Å². The lowest BCUT2D eigenvalue weighted by Crippen LogP contribution is -2.41. The van der Waals surface area contributed by atoms with Crippen molar-refractivity contribution in [2.75, 3.05) is 19.8 Å². The Balaban J connectivity index is 2.84. The highest BCUT2D eigenvalue weighted by molar-refractivity contribution is 7.90. The molecule has 1 aromatic rings. The molecule has 0 radical (unpaired) electrons. The van der Waals surface area contributed by atoms with Gasteiger partial charge in [0.05, 0.1) is 25.7 Å². The molecule has 0 aliphatic carbocycles. The van der Waals surface area contributed by atoms with E-state index in [9.17, 15) is 9.35 Å². The molecule has 0 aliphatic rings. The van der Waals surface area contributed by atoms with E-state index >= 15 is 0 Å². The van der Waals surface area contributed by atoms with Crippen molar-refractivity contribution in [3.63, 3.8) is 0 Å². The average molecular weight is 371 g/mol. The van der Waals surface area contributed by atoms with Crippen LogP contribution < -0.4 is 15.2 Å². The zero-order chi connectivity index (χ0) is 18.9. The molecule has 25 heavy (non-hydrogen) atoms. The summed E-state index contributed by atoms with van der Waals surface area (Å²) in [7, 11) is 0. The van der Waals surface area contributed by atoms with Crippen molar-refractivity contribution in [3.05, 3.63) is 29.8 Å². The maximum Gasteiger partial charge on any atom is 0.307 e. The van der Waals surface area contributed by atoms with Crippen LogP contribution in [0.15, 0.2) is 24.3 Å². The Morgan fingerprint density at radius 2 is 1.96 bits per heavy atom. The second kappa shape index (κ2) is 10.7. The molecule has 1 aromatic carbocycles. The maximum absolute atomic E-state index is 12.4. The second-order valence-electron chi connectivity index (χ2n) is 6.62. The number of carbonyl (C=O) groups excluding carboxylic acids is 1. The van der Waals surface area contributed by atoms with Crippen molar-refractivity contribution >= 4 is 17.3 Å². The van der Waals surface area contributed by atoms with E-state index in [0.29, 0.717) is 19.8 Å². The molecule has 6 nitrogen and oxygen atoms in total. The molecular weight excluding hydrogens is 340 g/mol. The largest absolute Gasteiger partial charge is 0.598 e. The van der Waals surface area contributed by atoms with Gasteiger partial charge in [-0.05, 0) is 58.4 Å². The molecule has 142 valence electrons. The summed E-state index contributed by atoms with van der Waals surface area (Å²) >= 11 is -1.30. The molecule has 3 N–H and O–H groups in total. The van der Waals surface area contributed by atoms with Gasteiger partial charge >= 0.3 is 5.97 Å². The van der Waals surface area contributed by atoms with Crippen LogP contribution in [0.2, 0.25) is 0 Å². The molecular formula is C18H30N2O4S. The van der Waals surface area contributed by atoms with Crippen molar-refractivity contribution in [2.45, 2.75) is 51.3 Å². The summed E-state index contributed by atoms with van der Waals surface area (Å²) in [5.41, 5.74) is 6.31. The van der Waals surface area contributed by atoms with Gasteiger partial charge in [-0.2, -0.15) is 0 Å². The SMILES string of the molecule is CCOC(=O)C[C@H](N[S+]([O-])C(C)(C)C)c1ccc(OCCCN)cc1. The van der Waals surface area contributed by atoms with E-state index in [4.69, 9.17) is 15.2 Å². The Morgan fingerprint density at radius 3 is 2.48 bits per heavy atom. The monoisotopic (exact) mass is 370 g/mol. The number of hydrogen-bond acceptors (Lipinski definition) is 6. The Bertz CT molecular complexity index is 517. The van der Waals surface area contributed by atoms with Crippen LogP contribution in [0, 0.1) is 0 Å². The number of nitrogens with two attached hydrogens (primary N) is 1. The summed E-state index contributed by atoms with van der Waals surface area (Å²) in [4.78, 5) is 11.9. The van der Waals surface area contributed by atoms with Crippen molar-refractivity contribution in [2.24, 2.45) is 5.73 Å². The molecule has 0 heterocycles. The standard InChI is InChI=1S/C18H30N2O4S/c1-5-23-17(21)13-16(20-25(22)18(2,3)4)14-7-9-15(10-8-14)24-12-6-11-19/h7-10,16,20H,5-6,11-13,19H2,1-4H3/t16-,25?/m0/s1. The first kappa shape index (κ1) is 21.8. The molecule has 0 spiro atoms. The fourth-order valence-corrected chi connectivity index (χ4v) is 2.82. The summed E-state index contributed by atoms with van der Waals surface area (Å²) in [5, 5.41) is 0. The summed E-state index contributed by atoms with van der Waals surface area (Å²) in [6.45, 7) is 8.88. The molecule has 0 fully saturated rings. The number of ether oxygens (including phenoxy) is 2. The van der Waals surface area contributed by atoms with Crippen molar-refractivity contribution in [1.82, 2.24) is 4.72 Å². The van der Waals surface area contributed by atoms with E-state index < -0.39 is 22.2 Å². The lowest BCUT2D eigenvalue weighted by Gasteiger charge is -2.28. The quantitative estimate of drug-likeness (QED) is 0.373. The fraction of sp³-hybridized carbons (Fsp3) is 0.611. The molecule has 2 atom stereocenters. The van der Waals surface area contributed by atoms with Crippen LogP contribution in [0.4, 0.5) is 0 Å². The average Bonchev–Trinajstić information content (AvgIpc) is 2.54. The minimum absolute atomic E-state index is 0.114. The number of carbonyl (C=O) groups is 1. The van der Waals surface area contributed by atoms with Gasteiger partial charge in [0.1, 0.15) is 10.5 Å². The van der Waals surface area contributed by atoms with E-state index in [-0.39, 0.29) is 12.4 Å². The molecule has 7 heteroatoms. The van der Waals surface area contributed by atoms with E-state index in [1.54, 1.807) is 6.92 Å². The Kier molecular flexibility index (Phi) is 9.27. The summed E-state index contributed by atoms with van der Waals surface area (Å²) in [5.74, 6) is 0.415. The first-order valence-electron chi connectivity index (χ1n) is 8.54. The normalized spacial score (nSPS) is 14.0. The molecule has 0 amide bonds. The van der Waals surface area contributed by atoms with E-state index in [0.717, 1.165) is 17.7 Å². The van der Waals surface area contributed by atoms with Crippen LogP contribution in [0.1, 0.15) is 52.1 Å². The van der Waals surface area contributed by atoms with Gasteiger partial charge in [0, 0.05) is 11.4 Å². The maximum atomic E-state index is 12.4. The lowest BCUT2D eigenvalue weighted by molar-refractivity contribution is -0.143. The highest BCUT2D eigenvalue weighted by Gasteiger charge is 2.31. The smallest absolute Gasteiger partial charge is 0.307 e. The number of benzene rings is 1. The van der Waals surface area contributed by atoms with E-state index in [1.807, 2.05) is 45.0 Å². The molecule has 0 saturated carbocycles. The number of hydrogen-bond donors (Lipinski definition) is 2. The third-order valence-corrected chi connectivity index (χ3v) is 4.99. The predicted molar refractivity (Wildman–Crippen MR) is 101 cm³/mol. The lowest BCUT2D eigenvalue weighted by atomic mass is 10.0. The number of esters is 1. The van der Waals surface area contributed by atoms with Crippen LogP contribution in [0.5, 0.6) is 5.75 Å². The van der Waals surface area contributed by atoms with Gasteiger partial charge in [-0.15, -0.1) is 4.72 Å². The van der Waals surface area contributed by atoms with Gasteiger partial charge in [0.2, 0.25) is 0 Å². The van der Waals surface area contributed by atoms with Gasteiger partial charge in [-0.25, -0.2) is 0 Å². The van der Waals surface area contributed by atoms with Crippen LogP contribution in [-0.4, -0.2) is 35.0 Å². The van der Waals surface area contributed by atoms with Gasteiger partial charge in [-0.1, -0.05) is 12.1 Å². The zero-order valence-electron chi connectivity index (χ0n) is 15.5. The highest BCUT2D eigenvalue weighted by Crippen LogP contribution is 2.25. The topological polar surface area (TPSA) is 96.6 Å². The van der Waals surface area contributed by atoms with Gasteiger partial charge < -0.3 is 19.8 Å². The predicted octanol–water partition coefficient (Wildman–Crippen LogP) is 2.46.